The molecule has 11 heteroatoms. The van der Waals surface area contributed by atoms with Gasteiger partial charge in [0.25, 0.3) is 0 Å². The number of carbonyl (C=O) groups is 1. The zero-order chi connectivity index (χ0) is 34.3. The summed E-state index contributed by atoms with van der Waals surface area (Å²) in [7, 11) is 1.30. The van der Waals surface area contributed by atoms with Gasteiger partial charge in [0, 0.05) is 64.5 Å². The maximum absolute atomic E-state index is 13.2. The molecule has 254 valence electrons. The van der Waals surface area contributed by atoms with Gasteiger partial charge in [0.15, 0.2) is 5.69 Å². The normalized spacial score (nSPS) is 11.0. The lowest BCUT2D eigenvalue weighted by atomic mass is 10.1. The summed E-state index contributed by atoms with van der Waals surface area (Å²) < 4.78 is 36.9. The summed E-state index contributed by atoms with van der Waals surface area (Å²) in [4.78, 5) is 22.6. The molecule has 3 aromatic carbocycles. The van der Waals surface area contributed by atoms with Gasteiger partial charge in [-0.15, -0.1) is 0 Å². The fourth-order valence-corrected chi connectivity index (χ4v) is 4.98. The molecule has 9 nitrogen and oxygen atoms in total. The molecule has 0 atom stereocenters. The van der Waals surface area contributed by atoms with Crippen LogP contribution in [0.2, 0.25) is 0 Å². The summed E-state index contributed by atoms with van der Waals surface area (Å²) in [5, 5.41) is 10.3. The number of hydrogen-bond donors (Lipinski definition) is 3. The Labute approximate surface area is 285 Å². The first-order chi connectivity index (χ1) is 23.9. The maximum Gasteiger partial charge on any atom is 0.356 e. The molecule has 5 rings (SSSR count). The van der Waals surface area contributed by atoms with Crippen molar-refractivity contribution >= 4 is 11.7 Å². The smallest absolute Gasteiger partial charge is 0.356 e. The Morgan fingerprint density at radius 1 is 0.694 bits per heavy atom. The average molecular weight is 667 g/mol. The van der Waals surface area contributed by atoms with Crippen molar-refractivity contribution in [2.24, 2.45) is 0 Å². The molecule has 0 saturated heterocycles. The molecule has 0 unspecified atom stereocenters. The van der Waals surface area contributed by atoms with E-state index in [0.29, 0.717) is 25.5 Å². The number of carbonyl (C=O) groups excluding carboxylic acids is 1. The first kappa shape index (κ1) is 35.1. The third-order valence-electron chi connectivity index (χ3n) is 7.68. The second-order valence-corrected chi connectivity index (χ2v) is 11.4. The van der Waals surface area contributed by atoms with E-state index in [0.717, 1.165) is 55.1 Å². The van der Waals surface area contributed by atoms with Gasteiger partial charge in [-0.3, -0.25) is 4.90 Å². The molecule has 0 aliphatic carbocycles. The fraction of sp³-hybridized carbons (Fsp3) is 0.237. The number of nitrogens with one attached hydrogen (secondary N) is 3. The van der Waals surface area contributed by atoms with Gasteiger partial charge in [-0.2, -0.15) is 0 Å². The Kier molecular flexibility index (Phi) is 13.1. The third kappa shape index (κ3) is 11.8. The van der Waals surface area contributed by atoms with Gasteiger partial charge in [-0.05, 0) is 58.7 Å². The SMILES string of the molecule is COC(=O)c1cccc(Oc2ccc(NCc3ccc(CN(CCNCc4ccc(F)cc4)CCNCc4ccc(F)cc4)cc3)cn2)n1. The van der Waals surface area contributed by atoms with Crippen molar-refractivity contribution in [1.29, 1.82) is 0 Å². The first-order valence-electron chi connectivity index (χ1n) is 16.1. The van der Waals surface area contributed by atoms with Crippen molar-refractivity contribution in [3.05, 3.63) is 149 Å². The van der Waals surface area contributed by atoms with Crippen molar-refractivity contribution in [1.82, 2.24) is 25.5 Å². The molecule has 0 aliphatic rings. The Hall–Kier alpha value is -5.23. The molecular formula is C38H40F2N6O3. The summed E-state index contributed by atoms with van der Waals surface area (Å²) in [5.74, 6) is -0.408. The lowest BCUT2D eigenvalue weighted by molar-refractivity contribution is 0.0593. The number of halogens is 2. The number of hydrogen-bond acceptors (Lipinski definition) is 9. The largest absolute Gasteiger partial charge is 0.464 e. The van der Waals surface area contributed by atoms with Gasteiger partial charge in [0.1, 0.15) is 11.6 Å². The highest BCUT2D eigenvalue weighted by Gasteiger charge is 2.10. The molecule has 5 aromatic rings. The van der Waals surface area contributed by atoms with Crippen LogP contribution in [0.15, 0.2) is 109 Å². The van der Waals surface area contributed by atoms with Gasteiger partial charge < -0.3 is 25.4 Å². The van der Waals surface area contributed by atoms with Crippen LogP contribution in [0.25, 0.3) is 0 Å². The number of esters is 1. The number of aromatic nitrogens is 2. The highest BCUT2D eigenvalue weighted by Crippen LogP contribution is 2.20. The lowest BCUT2D eigenvalue weighted by Gasteiger charge is -2.23. The van der Waals surface area contributed by atoms with E-state index in [4.69, 9.17) is 9.47 Å². The number of pyridine rings is 2. The van der Waals surface area contributed by atoms with Gasteiger partial charge in [-0.25, -0.2) is 23.5 Å². The first-order valence-corrected chi connectivity index (χ1v) is 16.1. The summed E-state index contributed by atoms with van der Waals surface area (Å²) >= 11 is 0. The van der Waals surface area contributed by atoms with E-state index < -0.39 is 5.97 Å². The van der Waals surface area contributed by atoms with E-state index in [1.165, 1.54) is 36.9 Å². The van der Waals surface area contributed by atoms with E-state index in [-0.39, 0.29) is 23.2 Å². The Balaban J connectivity index is 1.09. The van der Waals surface area contributed by atoms with Crippen LogP contribution < -0.4 is 20.7 Å². The number of benzene rings is 3. The second-order valence-electron chi connectivity index (χ2n) is 11.4. The second kappa shape index (κ2) is 18.3. The number of anilines is 1. The van der Waals surface area contributed by atoms with Crippen LogP contribution in [0, 0.1) is 11.6 Å². The third-order valence-corrected chi connectivity index (χ3v) is 7.68. The van der Waals surface area contributed by atoms with Crippen LogP contribution in [0.3, 0.4) is 0 Å². The standard InChI is InChI=1S/C38H40F2N6O3/c1-48-38(47)35-3-2-4-37(45-35)49-36-18-17-34(26-44-36)43-25-30-5-7-31(8-6-30)27-46(21-19-41-23-28-9-13-32(39)14-10-28)22-20-42-24-29-11-15-33(40)16-12-29/h2-18,26,41-43H,19-25,27H2,1H3. The Morgan fingerprint density at radius 3 is 1.84 bits per heavy atom. The highest BCUT2D eigenvalue weighted by molar-refractivity contribution is 5.87. The van der Waals surface area contributed by atoms with E-state index in [9.17, 15) is 13.6 Å². The topological polar surface area (TPSA) is 101 Å². The molecule has 2 heterocycles. The van der Waals surface area contributed by atoms with Crippen LogP contribution in [0.5, 0.6) is 11.8 Å². The number of rotatable bonds is 18. The number of ether oxygens (including phenoxy) is 2. The number of methoxy groups -OCH3 is 1. The highest BCUT2D eigenvalue weighted by atomic mass is 19.1. The summed E-state index contributed by atoms with van der Waals surface area (Å²) in [6.07, 6.45) is 1.68. The Morgan fingerprint density at radius 2 is 1.27 bits per heavy atom. The minimum Gasteiger partial charge on any atom is -0.464 e. The van der Waals surface area contributed by atoms with Gasteiger partial charge in [-0.1, -0.05) is 54.6 Å². The van der Waals surface area contributed by atoms with Gasteiger partial charge in [0.2, 0.25) is 11.8 Å². The van der Waals surface area contributed by atoms with Gasteiger partial charge in [0.05, 0.1) is 19.0 Å². The van der Waals surface area contributed by atoms with E-state index in [1.54, 1.807) is 54.7 Å². The predicted molar refractivity (Wildman–Crippen MR) is 185 cm³/mol. The van der Waals surface area contributed by atoms with Crippen LogP contribution >= 0.6 is 0 Å². The van der Waals surface area contributed by atoms with Crippen molar-refractivity contribution < 1.29 is 23.0 Å². The quantitative estimate of drug-likeness (QED) is 0.0732. The van der Waals surface area contributed by atoms with Crippen molar-refractivity contribution in [3.63, 3.8) is 0 Å². The minimum atomic E-state index is -0.539. The van der Waals surface area contributed by atoms with Crippen LogP contribution in [-0.4, -0.2) is 54.1 Å². The molecule has 49 heavy (non-hydrogen) atoms. The van der Waals surface area contributed by atoms with Crippen LogP contribution in [-0.2, 0) is 30.9 Å². The van der Waals surface area contributed by atoms with Crippen LogP contribution in [0.4, 0.5) is 14.5 Å². The van der Waals surface area contributed by atoms with Crippen LogP contribution in [0.1, 0.15) is 32.7 Å². The molecule has 0 bridgehead atoms. The zero-order valence-corrected chi connectivity index (χ0v) is 27.4. The predicted octanol–water partition coefficient (Wildman–Crippen LogP) is 6.33. The maximum atomic E-state index is 13.2. The van der Waals surface area contributed by atoms with E-state index in [1.807, 2.05) is 6.07 Å². The molecule has 0 spiro atoms. The van der Waals surface area contributed by atoms with Crippen molar-refractivity contribution in [2.45, 2.75) is 26.2 Å². The summed E-state index contributed by atoms with van der Waals surface area (Å²) in [5.41, 5.74) is 5.40. The zero-order valence-electron chi connectivity index (χ0n) is 27.4. The average Bonchev–Trinajstić information content (AvgIpc) is 3.13. The molecule has 0 fully saturated rings. The summed E-state index contributed by atoms with van der Waals surface area (Å²) in [6, 6.07) is 30.1. The lowest BCUT2D eigenvalue weighted by Crippen LogP contribution is -2.36. The molecule has 0 saturated carbocycles. The molecule has 0 radical (unpaired) electrons. The molecular weight excluding hydrogens is 626 g/mol. The monoisotopic (exact) mass is 666 g/mol. The van der Waals surface area contributed by atoms with Gasteiger partial charge >= 0.3 is 5.97 Å². The molecule has 0 aliphatic heterocycles. The van der Waals surface area contributed by atoms with Crippen molar-refractivity contribution in [3.8, 4) is 11.8 Å². The van der Waals surface area contributed by atoms with E-state index in [2.05, 4.69) is 55.1 Å². The molecule has 3 N–H and O–H groups in total. The minimum absolute atomic E-state index is 0.156. The number of nitrogens with zero attached hydrogens (tertiary/aromatic N) is 3. The summed E-state index contributed by atoms with van der Waals surface area (Å²) in [6.45, 7) is 5.99. The molecule has 0 amide bonds. The van der Waals surface area contributed by atoms with E-state index >= 15 is 0 Å². The Bertz CT molecular complexity index is 1680. The van der Waals surface area contributed by atoms with Crippen molar-refractivity contribution in [2.75, 3.05) is 38.6 Å². The fourth-order valence-electron chi connectivity index (χ4n) is 4.98. The molecule has 2 aromatic heterocycles.